The van der Waals surface area contributed by atoms with Crippen LogP contribution in [0.3, 0.4) is 0 Å². The number of aliphatic carboxylic acids is 2. The molecule has 2 heterocycles. The van der Waals surface area contributed by atoms with Gasteiger partial charge >= 0.3 is 11.9 Å². The molecule has 0 saturated carbocycles. The second-order valence-corrected chi connectivity index (χ2v) is 14.0. The third-order valence-corrected chi connectivity index (χ3v) is 10.3. The van der Waals surface area contributed by atoms with Gasteiger partial charge in [0, 0.05) is 22.2 Å². The van der Waals surface area contributed by atoms with Crippen LogP contribution in [-0.2, 0) is 9.59 Å². The van der Waals surface area contributed by atoms with Crippen LogP contribution in [0.4, 0.5) is 0 Å². The standard InChI is InChI=1S/C28H48N2O4/c1-24(2)14-18(15-25(3,4)29(24)9)20-12-11-13-28(23(33)34,21(20)22(31)32)19-16-26(5,6)30(10)27(7,8)17-19/h11,13,18-21H,12,14-17H2,1-10H3,(H,31,32)(H,33,34). The average Bonchev–Trinajstić information content (AvgIpc) is 2.68. The first-order valence-corrected chi connectivity index (χ1v) is 12.9. The second kappa shape index (κ2) is 8.33. The lowest BCUT2D eigenvalue weighted by molar-refractivity contribution is -0.176. The number of rotatable bonds is 4. The first kappa shape index (κ1) is 27.2. The van der Waals surface area contributed by atoms with Crippen LogP contribution in [0, 0.1) is 29.1 Å². The van der Waals surface area contributed by atoms with Crippen LogP contribution in [0.25, 0.3) is 0 Å². The van der Waals surface area contributed by atoms with Gasteiger partial charge in [0.1, 0.15) is 5.41 Å². The first-order valence-electron chi connectivity index (χ1n) is 12.9. The van der Waals surface area contributed by atoms with Gasteiger partial charge in [0.15, 0.2) is 0 Å². The highest BCUT2D eigenvalue weighted by molar-refractivity contribution is 5.86. The molecule has 0 radical (unpaired) electrons. The maximum absolute atomic E-state index is 13.2. The molecule has 0 aromatic heterocycles. The number of piperidine rings is 2. The molecule has 194 valence electrons. The zero-order valence-corrected chi connectivity index (χ0v) is 23.1. The molecule has 0 bridgehead atoms. The molecule has 2 saturated heterocycles. The highest BCUT2D eigenvalue weighted by Gasteiger charge is 2.62. The third-order valence-electron chi connectivity index (χ3n) is 10.3. The SMILES string of the molecule is CN1C(C)(C)CC(C2CC=CC(C(=O)O)(C3CC(C)(C)N(C)C(C)(C)C3)C2C(=O)O)CC1(C)C. The zero-order valence-electron chi connectivity index (χ0n) is 23.1. The number of nitrogens with zero attached hydrogens (tertiary/aromatic N) is 2. The van der Waals surface area contributed by atoms with E-state index in [1.54, 1.807) is 6.08 Å². The number of likely N-dealkylation sites (tertiary alicyclic amines) is 2. The van der Waals surface area contributed by atoms with Gasteiger partial charge in [-0.25, -0.2) is 0 Å². The van der Waals surface area contributed by atoms with Gasteiger partial charge < -0.3 is 10.2 Å². The Hall–Kier alpha value is -1.40. The van der Waals surface area contributed by atoms with Crippen LogP contribution < -0.4 is 0 Å². The molecule has 3 rings (SSSR count). The molecule has 2 fully saturated rings. The summed E-state index contributed by atoms with van der Waals surface area (Å²) < 4.78 is 0. The maximum Gasteiger partial charge on any atom is 0.314 e. The van der Waals surface area contributed by atoms with E-state index in [0.29, 0.717) is 19.3 Å². The highest BCUT2D eigenvalue weighted by Crippen LogP contribution is 2.58. The number of allylic oxidation sites excluding steroid dienone is 1. The summed E-state index contributed by atoms with van der Waals surface area (Å²) in [6.07, 6.45) is 7.46. The van der Waals surface area contributed by atoms with Gasteiger partial charge in [-0.05, 0) is 119 Å². The van der Waals surface area contributed by atoms with Crippen LogP contribution in [0.1, 0.15) is 87.5 Å². The average molecular weight is 477 g/mol. The van der Waals surface area contributed by atoms with Gasteiger partial charge in [0.2, 0.25) is 0 Å². The molecular weight excluding hydrogens is 428 g/mol. The van der Waals surface area contributed by atoms with Crippen LogP contribution in [0.15, 0.2) is 12.2 Å². The lowest BCUT2D eigenvalue weighted by atomic mass is 9.51. The molecule has 3 aliphatic rings. The molecule has 3 unspecified atom stereocenters. The van der Waals surface area contributed by atoms with Crippen molar-refractivity contribution in [1.82, 2.24) is 9.80 Å². The minimum absolute atomic E-state index is 0.0833. The Kier molecular flexibility index (Phi) is 6.66. The fraction of sp³-hybridized carbons (Fsp3) is 0.857. The Morgan fingerprint density at radius 3 is 1.56 bits per heavy atom. The van der Waals surface area contributed by atoms with Crippen LogP contribution in [0.5, 0.6) is 0 Å². The van der Waals surface area contributed by atoms with Crippen molar-refractivity contribution in [2.45, 2.75) is 110 Å². The molecule has 6 nitrogen and oxygen atoms in total. The quantitative estimate of drug-likeness (QED) is 0.547. The van der Waals surface area contributed by atoms with E-state index < -0.39 is 23.3 Å². The lowest BCUT2D eigenvalue weighted by Crippen LogP contribution is -2.64. The summed E-state index contributed by atoms with van der Waals surface area (Å²) in [5.74, 6) is -3.17. The molecule has 0 aromatic rings. The Balaban J connectivity index is 2.11. The van der Waals surface area contributed by atoms with E-state index >= 15 is 0 Å². The summed E-state index contributed by atoms with van der Waals surface area (Å²) in [7, 11) is 4.25. The normalized spacial score (nSPS) is 36.3. The van der Waals surface area contributed by atoms with Gasteiger partial charge in [-0.1, -0.05) is 12.2 Å². The molecule has 34 heavy (non-hydrogen) atoms. The first-order chi connectivity index (χ1) is 15.3. The van der Waals surface area contributed by atoms with Gasteiger partial charge in [-0.15, -0.1) is 0 Å². The summed E-state index contributed by atoms with van der Waals surface area (Å²) in [6.45, 7) is 17.5. The Labute approximate surface area is 206 Å². The van der Waals surface area contributed by atoms with Crippen molar-refractivity contribution >= 4 is 11.9 Å². The smallest absolute Gasteiger partial charge is 0.314 e. The number of carboxylic acid groups (broad SMARTS) is 2. The molecular formula is C28H48N2O4. The highest BCUT2D eigenvalue weighted by atomic mass is 16.4. The number of hydrogen-bond acceptors (Lipinski definition) is 4. The maximum atomic E-state index is 13.2. The van der Waals surface area contributed by atoms with E-state index in [0.717, 1.165) is 12.8 Å². The Morgan fingerprint density at radius 1 is 0.765 bits per heavy atom. The predicted octanol–water partition coefficient (Wildman–Crippen LogP) is 5.13. The molecule has 2 aliphatic heterocycles. The molecule has 0 amide bonds. The lowest BCUT2D eigenvalue weighted by Gasteiger charge is -2.59. The molecule has 6 heteroatoms. The molecule has 0 spiro atoms. The van der Waals surface area contributed by atoms with Crippen molar-refractivity contribution in [3.8, 4) is 0 Å². The molecule has 3 atom stereocenters. The molecule has 2 N–H and O–H groups in total. The number of carboxylic acids is 2. The zero-order chi connectivity index (χ0) is 26.1. The summed E-state index contributed by atoms with van der Waals surface area (Å²) in [6, 6.07) is 0. The topological polar surface area (TPSA) is 81.1 Å². The van der Waals surface area contributed by atoms with E-state index in [4.69, 9.17) is 0 Å². The Morgan fingerprint density at radius 2 is 1.18 bits per heavy atom. The van der Waals surface area contributed by atoms with Crippen LogP contribution in [-0.4, -0.2) is 68.2 Å². The van der Waals surface area contributed by atoms with Crippen LogP contribution in [0.2, 0.25) is 0 Å². The van der Waals surface area contributed by atoms with Gasteiger partial charge in [-0.2, -0.15) is 0 Å². The van der Waals surface area contributed by atoms with Crippen molar-refractivity contribution in [1.29, 1.82) is 0 Å². The minimum atomic E-state index is -1.40. The fourth-order valence-corrected chi connectivity index (χ4v) is 8.10. The summed E-state index contributed by atoms with van der Waals surface area (Å²) in [5, 5.41) is 21.5. The minimum Gasteiger partial charge on any atom is -0.481 e. The predicted molar refractivity (Wildman–Crippen MR) is 136 cm³/mol. The fourth-order valence-electron chi connectivity index (χ4n) is 8.10. The van der Waals surface area contributed by atoms with E-state index in [1.807, 2.05) is 6.08 Å². The van der Waals surface area contributed by atoms with Crippen LogP contribution >= 0.6 is 0 Å². The molecule has 1 aliphatic carbocycles. The summed E-state index contributed by atoms with van der Waals surface area (Å²) >= 11 is 0. The monoisotopic (exact) mass is 476 g/mol. The van der Waals surface area contributed by atoms with E-state index in [1.165, 1.54) is 0 Å². The van der Waals surface area contributed by atoms with Crippen molar-refractivity contribution in [2.75, 3.05) is 14.1 Å². The van der Waals surface area contributed by atoms with E-state index in [2.05, 4.69) is 79.3 Å². The largest absolute Gasteiger partial charge is 0.481 e. The Bertz CT molecular complexity index is 822. The van der Waals surface area contributed by atoms with Crippen molar-refractivity contribution < 1.29 is 19.8 Å². The van der Waals surface area contributed by atoms with Gasteiger partial charge in [0.25, 0.3) is 0 Å². The van der Waals surface area contributed by atoms with Crippen molar-refractivity contribution in [2.24, 2.45) is 29.1 Å². The van der Waals surface area contributed by atoms with E-state index in [-0.39, 0.29) is 39.9 Å². The summed E-state index contributed by atoms with van der Waals surface area (Å²) in [5.41, 5.74) is -2.02. The van der Waals surface area contributed by atoms with Crippen molar-refractivity contribution in [3.63, 3.8) is 0 Å². The third kappa shape index (κ3) is 4.23. The van der Waals surface area contributed by atoms with Gasteiger partial charge in [0.05, 0.1) is 5.92 Å². The van der Waals surface area contributed by atoms with E-state index in [9.17, 15) is 19.8 Å². The van der Waals surface area contributed by atoms with Crippen molar-refractivity contribution in [3.05, 3.63) is 12.2 Å². The number of carbonyl (C=O) groups is 2. The summed E-state index contributed by atoms with van der Waals surface area (Å²) in [4.78, 5) is 30.9. The number of hydrogen-bond donors (Lipinski definition) is 2. The second-order valence-electron chi connectivity index (χ2n) is 14.0. The van der Waals surface area contributed by atoms with Gasteiger partial charge in [-0.3, -0.25) is 19.4 Å². The molecule has 0 aromatic carbocycles.